The highest BCUT2D eigenvalue weighted by Crippen LogP contribution is 2.14. The number of aliphatic carboxylic acids is 1. The lowest BCUT2D eigenvalue weighted by molar-refractivity contribution is -0.141. The first-order valence-corrected chi connectivity index (χ1v) is 6.82. The number of hydrogen-bond donors (Lipinski definition) is 3. The summed E-state index contributed by atoms with van der Waals surface area (Å²) < 4.78 is 0. The third kappa shape index (κ3) is 5.83. The molecule has 21 heavy (non-hydrogen) atoms. The van der Waals surface area contributed by atoms with Gasteiger partial charge in [0.25, 0.3) is 5.91 Å². The van der Waals surface area contributed by atoms with E-state index in [9.17, 15) is 14.4 Å². The molecule has 6 nitrogen and oxygen atoms in total. The molecule has 0 bridgehead atoms. The van der Waals surface area contributed by atoms with E-state index in [-0.39, 0.29) is 19.0 Å². The second-order valence-electron chi connectivity index (χ2n) is 4.54. The Morgan fingerprint density at radius 2 is 1.90 bits per heavy atom. The molecule has 0 aromatic heterocycles. The molecule has 0 aliphatic heterocycles. The normalized spacial score (nSPS) is 11.5. The summed E-state index contributed by atoms with van der Waals surface area (Å²) in [5, 5.41) is 14.0. The van der Waals surface area contributed by atoms with Crippen molar-refractivity contribution in [3.05, 3.63) is 34.9 Å². The number of hydrogen-bond acceptors (Lipinski definition) is 3. The molecule has 3 N–H and O–H groups in total. The molecule has 0 saturated heterocycles. The smallest absolute Gasteiger partial charge is 0.306 e. The summed E-state index contributed by atoms with van der Waals surface area (Å²) in [5.41, 5.74) is 0.298. The molecule has 0 aliphatic rings. The van der Waals surface area contributed by atoms with E-state index >= 15 is 0 Å². The first kappa shape index (κ1) is 17.0. The van der Waals surface area contributed by atoms with Crippen LogP contribution in [0.3, 0.4) is 0 Å². The Balaban J connectivity index is 2.32. The molecule has 1 rings (SSSR count). The summed E-state index contributed by atoms with van der Waals surface area (Å²) in [5.74, 6) is -2.25. The Bertz CT molecular complexity index is 533. The number of carbonyl (C=O) groups is 3. The molecular weight excluding hydrogens is 296 g/mol. The van der Waals surface area contributed by atoms with E-state index in [4.69, 9.17) is 16.7 Å². The van der Waals surface area contributed by atoms with E-state index in [1.807, 2.05) is 0 Å². The number of carboxylic acid groups (broad SMARTS) is 1. The van der Waals surface area contributed by atoms with Gasteiger partial charge < -0.3 is 15.7 Å². The Hall–Kier alpha value is -2.08. The highest BCUT2D eigenvalue weighted by molar-refractivity contribution is 6.33. The van der Waals surface area contributed by atoms with Crippen molar-refractivity contribution in [1.29, 1.82) is 0 Å². The van der Waals surface area contributed by atoms with Gasteiger partial charge in [0, 0.05) is 6.54 Å². The zero-order valence-corrected chi connectivity index (χ0v) is 12.3. The first-order valence-electron chi connectivity index (χ1n) is 6.44. The van der Waals surface area contributed by atoms with E-state index < -0.39 is 17.8 Å². The van der Waals surface area contributed by atoms with Crippen LogP contribution in [0.4, 0.5) is 0 Å². The Morgan fingerprint density at radius 1 is 1.24 bits per heavy atom. The molecular formula is C14H17ClN2O4. The third-order valence-electron chi connectivity index (χ3n) is 2.85. The van der Waals surface area contributed by atoms with Crippen LogP contribution in [-0.2, 0) is 9.59 Å². The van der Waals surface area contributed by atoms with Crippen LogP contribution in [0.5, 0.6) is 0 Å². The molecule has 0 spiro atoms. The number of halogens is 1. The van der Waals surface area contributed by atoms with Crippen molar-refractivity contribution in [2.45, 2.75) is 13.3 Å². The Morgan fingerprint density at radius 3 is 2.52 bits per heavy atom. The second kappa shape index (κ2) is 8.26. The van der Waals surface area contributed by atoms with E-state index in [1.165, 1.54) is 0 Å². The minimum absolute atomic E-state index is 0.189. The van der Waals surface area contributed by atoms with Crippen LogP contribution in [0.15, 0.2) is 24.3 Å². The van der Waals surface area contributed by atoms with Gasteiger partial charge in [-0.15, -0.1) is 0 Å². The van der Waals surface area contributed by atoms with Crippen LogP contribution < -0.4 is 10.6 Å². The average Bonchev–Trinajstić information content (AvgIpc) is 2.45. The van der Waals surface area contributed by atoms with Crippen LogP contribution in [0.2, 0.25) is 5.02 Å². The molecule has 0 fully saturated rings. The second-order valence-corrected chi connectivity index (χ2v) is 4.95. The largest absolute Gasteiger partial charge is 0.481 e. The van der Waals surface area contributed by atoms with Gasteiger partial charge in [0.2, 0.25) is 5.91 Å². The van der Waals surface area contributed by atoms with E-state index in [2.05, 4.69) is 10.6 Å². The van der Waals surface area contributed by atoms with Crippen LogP contribution >= 0.6 is 11.6 Å². The molecule has 1 unspecified atom stereocenters. The third-order valence-corrected chi connectivity index (χ3v) is 3.18. The Kier molecular flexibility index (Phi) is 6.68. The number of carbonyl (C=O) groups excluding carboxylic acids is 2. The number of nitrogens with one attached hydrogen (secondary N) is 2. The molecule has 1 aromatic rings. The maximum Gasteiger partial charge on any atom is 0.306 e. The molecule has 1 atom stereocenters. The summed E-state index contributed by atoms with van der Waals surface area (Å²) in [7, 11) is 0. The molecule has 114 valence electrons. The van der Waals surface area contributed by atoms with Crippen LogP contribution in [0, 0.1) is 5.92 Å². The van der Waals surface area contributed by atoms with Gasteiger partial charge in [-0.1, -0.05) is 30.7 Å². The quantitative estimate of drug-likeness (QED) is 0.707. The molecule has 7 heteroatoms. The van der Waals surface area contributed by atoms with Crippen LogP contribution in [-0.4, -0.2) is 36.0 Å². The van der Waals surface area contributed by atoms with Crippen molar-refractivity contribution in [2.24, 2.45) is 5.92 Å². The number of amides is 2. The van der Waals surface area contributed by atoms with Gasteiger partial charge in [-0.3, -0.25) is 14.4 Å². The summed E-state index contributed by atoms with van der Waals surface area (Å²) >= 11 is 5.87. The molecule has 0 saturated carbocycles. The Labute approximate surface area is 127 Å². The van der Waals surface area contributed by atoms with Crippen molar-refractivity contribution in [3.8, 4) is 0 Å². The number of benzene rings is 1. The van der Waals surface area contributed by atoms with Crippen molar-refractivity contribution in [1.82, 2.24) is 10.6 Å². The van der Waals surface area contributed by atoms with Crippen molar-refractivity contribution in [2.75, 3.05) is 13.1 Å². The van der Waals surface area contributed by atoms with Crippen molar-refractivity contribution >= 4 is 29.4 Å². The summed E-state index contributed by atoms with van der Waals surface area (Å²) in [6.45, 7) is 1.62. The van der Waals surface area contributed by atoms with Gasteiger partial charge >= 0.3 is 5.97 Å². The zero-order chi connectivity index (χ0) is 15.8. The number of carboxylic acids is 1. The minimum Gasteiger partial charge on any atom is -0.481 e. The predicted molar refractivity (Wildman–Crippen MR) is 78.2 cm³/mol. The van der Waals surface area contributed by atoms with E-state index in [0.29, 0.717) is 17.0 Å². The summed E-state index contributed by atoms with van der Waals surface area (Å²) in [4.78, 5) is 33.9. The first-order chi connectivity index (χ1) is 9.91. The highest BCUT2D eigenvalue weighted by atomic mass is 35.5. The fourth-order valence-electron chi connectivity index (χ4n) is 1.52. The van der Waals surface area contributed by atoms with E-state index in [1.54, 1.807) is 31.2 Å². The van der Waals surface area contributed by atoms with Crippen LogP contribution in [0.25, 0.3) is 0 Å². The van der Waals surface area contributed by atoms with Gasteiger partial charge in [0.15, 0.2) is 0 Å². The fraction of sp³-hybridized carbons (Fsp3) is 0.357. The van der Waals surface area contributed by atoms with Gasteiger partial charge in [-0.05, 0) is 18.6 Å². The summed E-state index contributed by atoms with van der Waals surface area (Å²) in [6, 6.07) is 6.53. The zero-order valence-electron chi connectivity index (χ0n) is 11.6. The molecule has 2 amide bonds. The van der Waals surface area contributed by atoms with Crippen LogP contribution in [0.1, 0.15) is 23.7 Å². The number of rotatable bonds is 7. The topological polar surface area (TPSA) is 95.5 Å². The monoisotopic (exact) mass is 312 g/mol. The van der Waals surface area contributed by atoms with Gasteiger partial charge in [0.1, 0.15) is 0 Å². The maximum atomic E-state index is 11.8. The maximum absolute atomic E-state index is 11.8. The predicted octanol–water partition coefficient (Wildman–Crippen LogP) is 1.30. The van der Waals surface area contributed by atoms with E-state index in [0.717, 1.165) is 0 Å². The lowest BCUT2D eigenvalue weighted by Gasteiger charge is -2.09. The standard InChI is InChI=1S/C14H17ClN2O4/c1-9(14(20)21)6-7-16-12(18)8-17-13(19)10-4-2-3-5-11(10)15/h2-5,9H,6-8H2,1H3,(H,16,18)(H,17,19)(H,20,21). The van der Waals surface area contributed by atoms with Gasteiger partial charge in [-0.25, -0.2) is 0 Å². The molecule has 1 aromatic carbocycles. The highest BCUT2D eigenvalue weighted by Gasteiger charge is 2.12. The molecule has 0 aliphatic carbocycles. The average molecular weight is 313 g/mol. The summed E-state index contributed by atoms with van der Waals surface area (Å²) in [6.07, 6.45) is 0.333. The lowest BCUT2D eigenvalue weighted by atomic mass is 10.1. The van der Waals surface area contributed by atoms with Gasteiger partial charge in [0.05, 0.1) is 23.0 Å². The SMILES string of the molecule is CC(CCNC(=O)CNC(=O)c1ccccc1Cl)C(=O)O. The fourth-order valence-corrected chi connectivity index (χ4v) is 1.74. The molecule has 0 heterocycles. The lowest BCUT2D eigenvalue weighted by Crippen LogP contribution is -2.37. The minimum atomic E-state index is -0.906. The van der Waals surface area contributed by atoms with Gasteiger partial charge in [-0.2, -0.15) is 0 Å². The van der Waals surface area contributed by atoms with Crippen molar-refractivity contribution in [3.63, 3.8) is 0 Å². The molecule has 0 radical (unpaired) electrons. The van der Waals surface area contributed by atoms with Crippen molar-refractivity contribution < 1.29 is 19.5 Å².